The van der Waals surface area contributed by atoms with Crippen LogP contribution in [0, 0.1) is 6.92 Å². The Balaban J connectivity index is 1.94. The van der Waals surface area contributed by atoms with Crippen molar-refractivity contribution < 1.29 is 9.53 Å². The molecule has 20 heavy (non-hydrogen) atoms. The Kier molecular flexibility index (Phi) is 4.63. The Hall–Kier alpha value is -2.01. The summed E-state index contributed by atoms with van der Waals surface area (Å²) in [6, 6.07) is 12.8. The second-order valence-corrected chi connectivity index (χ2v) is 5.25. The van der Waals surface area contributed by atoms with Crippen molar-refractivity contribution in [3.05, 3.63) is 52.5 Å². The number of carbonyl (C=O) groups excluding carboxylic acids is 1. The van der Waals surface area contributed by atoms with Crippen LogP contribution in [-0.2, 0) is 4.79 Å². The van der Waals surface area contributed by atoms with E-state index in [1.807, 2.05) is 43.3 Å². The highest BCUT2D eigenvalue weighted by Crippen LogP contribution is 2.24. The predicted octanol–water partition coefficient (Wildman–Crippen LogP) is 3.36. The highest BCUT2D eigenvalue weighted by molar-refractivity contribution is 9.10. The van der Waals surface area contributed by atoms with Crippen molar-refractivity contribution in [2.75, 3.05) is 17.7 Å². The van der Waals surface area contributed by atoms with E-state index in [4.69, 9.17) is 10.5 Å². The van der Waals surface area contributed by atoms with E-state index in [1.165, 1.54) is 0 Å². The van der Waals surface area contributed by atoms with Gasteiger partial charge in [-0.2, -0.15) is 0 Å². The third-order valence-electron chi connectivity index (χ3n) is 2.75. The van der Waals surface area contributed by atoms with Gasteiger partial charge >= 0.3 is 0 Å². The first-order valence-corrected chi connectivity index (χ1v) is 6.89. The van der Waals surface area contributed by atoms with Crippen LogP contribution in [0.5, 0.6) is 5.75 Å². The molecule has 0 radical (unpaired) electrons. The minimum atomic E-state index is -0.232. The third kappa shape index (κ3) is 3.74. The average Bonchev–Trinajstić information content (AvgIpc) is 2.40. The molecule has 0 spiro atoms. The normalized spacial score (nSPS) is 10.1. The number of rotatable bonds is 4. The van der Waals surface area contributed by atoms with E-state index in [0.29, 0.717) is 17.1 Å². The van der Waals surface area contributed by atoms with Crippen LogP contribution in [0.3, 0.4) is 0 Å². The van der Waals surface area contributed by atoms with Crippen molar-refractivity contribution in [2.24, 2.45) is 0 Å². The highest BCUT2D eigenvalue weighted by Gasteiger charge is 2.07. The van der Waals surface area contributed by atoms with Gasteiger partial charge in [0.1, 0.15) is 5.75 Å². The van der Waals surface area contributed by atoms with Crippen LogP contribution in [-0.4, -0.2) is 12.5 Å². The molecule has 0 aliphatic carbocycles. The van der Waals surface area contributed by atoms with Gasteiger partial charge in [-0.1, -0.05) is 34.1 Å². The Bertz CT molecular complexity index is 629. The van der Waals surface area contributed by atoms with Gasteiger partial charge in [0.05, 0.1) is 5.69 Å². The van der Waals surface area contributed by atoms with Gasteiger partial charge in [-0.15, -0.1) is 0 Å². The van der Waals surface area contributed by atoms with Gasteiger partial charge in [-0.3, -0.25) is 4.79 Å². The van der Waals surface area contributed by atoms with Crippen LogP contribution in [0.1, 0.15) is 5.56 Å². The third-order valence-corrected chi connectivity index (χ3v) is 3.24. The van der Waals surface area contributed by atoms with Crippen LogP contribution in [0.15, 0.2) is 46.9 Å². The van der Waals surface area contributed by atoms with Crippen molar-refractivity contribution in [3.63, 3.8) is 0 Å². The number of hydrogen-bond donors (Lipinski definition) is 2. The van der Waals surface area contributed by atoms with Crippen molar-refractivity contribution in [2.45, 2.75) is 6.92 Å². The number of nitrogens with two attached hydrogens (primary N) is 1. The molecule has 0 saturated heterocycles. The van der Waals surface area contributed by atoms with Gasteiger partial charge < -0.3 is 15.8 Å². The Labute approximate surface area is 126 Å². The summed E-state index contributed by atoms with van der Waals surface area (Å²) in [5.41, 5.74) is 8.08. The molecule has 4 nitrogen and oxygen atoms in total. The number of anilines is 2. The van der Waals surface area contributed by atoms with Gasteiger partial charge in [-0.25, -0.2) is 0 Å². The van der Waals surface area contributed by atoms with Crippen molar-refractivity contribution in [1.29, 1.82) is 0 Å². The van der Waals surface area contributed by atoms with Crippen LogP contribution >= 0.6 is 15.9 Å². The van der Waals surface area contributed by atoms with E-state index < -0.39 is 0 Å². The van der Waals surface area contributed by atoms with Crippen molar-refractivity contribution in [1.82, 2.24) is 0 Å². The summed E-state index contributed by atoms with van der Waals surface area (Å²) in [5.74, 6) is 0.290. The summed E-state index contributed by atoms with van der Waals surface area (Å²) >= 11 is 3.35. The second kappa shape index (κ2) is 6.43. The molecule has 0 aliphatic heterocycles. The first-order valence-electron chi connectivity index (χ1n) is 6.09. The average molecular weight is 335 g/mol. The molecule has 3 N–H and O–H groups in total. The summed E-state index contributed by atoms with van der Waals surface area (Å²) in [6.45, 7) is 1.81. The largest absolute Gasteiger partial charge is 0.482 e. The Morgan fingerprint density at radius 3 is 2.80 bits per heavy atom. The molecule has 0 aliphatic rings. The number of hydrogen-bond acceptors (Lipinski definition) is 3. The van der Waals surface area contributed by atoms with Gasteiger partial charge in [0.25, 0.3) is 5.91 Å². The molecular weight excluding hydrogens is 320 g/mol. The summed E-state index contributed by atoms with van der Waals surface area (Å²) < 4.78 is 6.34. The first kappa shape index (κ1) is 14.4. The molecular formula is C15H15BrN2O2. The smallest absolute Gasteiger partial charge is 0.262 e. The quantitative estimate of drug-likeness (QED) is 0.842. The Morgan fingerprint density at radius 1 is 1.30 bits per heavy atom. The van der Waals surface area contributed by atoms with Gasteiger partial charge in [0.2, 0.25) is 0 Å². The van der Waals surface area contributed by atoms with Crippen LogP contribution in [0.2, 0.25) is 0 Å². The van der Waals surface area contributed by atoms with Crippen LogP contribution in [0.25, 0.3) is 0 Å². The van der Waals surface area contributed by atoms with Gasteiger partial charge in [0.15, 0.2) is 6.61 Å². The highest BCUT2D eigenvalue weighted by atomic mass is 79.9. The topological polar surface area (TPSA) is 64.3 Å². The van der Waals surface area contributed by atoms with E-state index in [1.54, 1.807) is 6.07 Å². The molecule has 2 aromatic carbocycles. The summed E-state index contributed by atoms with van der Waals surface area (Å²) in [7, 11) is 0. The van der Waals surface area contributed by atoms with E-state index in [2.05, 4.69) is 21.2 Å². The number of ether oxygens (including phenoxy) is 1. The lowest BCUT2D eigenvalue weighted by atomic mass is 10.2. The molecule has 0 saturated carbocycles. The summed E-state index contributed by atoms with van der Waals surface area (Å²) in [4.78, 5) is 11.8. The summed E-state index contributed by atoms with van der Waals surface area (Å²) in [5, 5.41) is 2.75. The molecule has 0 unspecified atom stereocenters. The lowest BCUT2D eigenvalue weighted by Gasteiger charge is -2.10. The van der Waals surface area contributed by atoms with Gasteiger partial charge in [0, 0.05) is 10.2 Å². The molecule has 0 bridgehead atoms. The molecule has 0 heterocycles. The number of nitrogens with one attached hydrogen (secondary N) is 1. The lowest BCUT2D eigenvalue weighted by molar-refractivity contribution is -0.118. The zero-order valence-corrected chi connectivity index (χ0v) is 12.6. The SMILES string of the molecule is Cc1cccc(OCC(=O)Nc2cccc(Br)c2)c1N. The zero-order valence-electron chi connectivity index (χ0n) is 11.0. The molecule has 1 amide bonds. The van der Waals surface area contributed by atoms with E-state index in [0.717, 1.165) is 10.0 Å². The van der Waals surface area contributed by atoms with E-state index in [-0.39, 0.29) is 12.5 Å². The number of benzene rings is 2. The lowest BCUT2D eigenvalue weighted by Crippen LogP contribution is -2.20. The maximum absolute atomic E-state index is 11.8. The van der Waals surface area contributed by atoms with Crippen LogP contribution < -0.4 is 15.8 Å². The number of para-hydroxylation sites is 1. The summed E-state index contributed by atoms with van der Waals surface area (Å²) in [6.07, 6.45) is 0. The van der Waals surface area contributed by atoms with E-state index in [9.17, 15) is 4.79 Å². The fourth-order valence-corrected chi connectivity index (χ4v) is 2.09. The number of halogens is 1. The van der Waals surface area contributed by atoms with Crippen LogP contribution in [0.4, 0.5) is 11.4 Å². The molecule has 0 aromatic heterocycles. The standard InChI is InChI=1S/C15H15BrN2O2/c1-10-4-2-7-13(15(10)17)20-9-14(19)18-12-6-3-5-11(16)8-12/h2-8H,9,17H2,1H3,(H,18,19). The maximum atomic E-state index is 11.8. The number of aryl methyl sites for hydroxylation is 1. The minimum Gasteiger partial charge on any atom is -0.482 e. The molecule has 2 aromatic rings. The molecule has 104 valence electrons. The van der Waals surface area contributed by atoms with E-state index >= 15 is 0 Å². The Morgan fingerprint density at radius 2 is 2.05 bits per heavy atom. The number of amides is 1. The first-order chi connectivity index (χ1) is 9.56. The predicted molar refractivity (Wildman–Crippen MR) is 83.9 cm³/mol. The fraction of sp³-hybridized carbons (Fsp3) is 0.133. The fourth-order valence-electron chi connectivity index (χ4n) is 1.69. The monoisotopic (exact) mass is 334 g/mol. The second-order valence-electron chi connectivity index (χ2n) is 4.33. The molecule has 2 rings (SSSR count). The maximum Gasteiger partial charge on any atom is 0.262 e. The molecule has 0 atom stereocenters. The zero-order chi connectivity index (χ0) is 14.5. The van der Waals surface area contributed by atoms with Crippen molar-refractivity contribution >= 4 is 33.2 Å². The number of nitrogen functional groups attached to an aromatic ring is 1. The minimum absolute atomic E-state index is 0.0832. The van der Waals surface area contributed by atoms with Crippen molar-refractivity contribution in [3.8, 4) is 5.75 Å². The molecule has 5 heteroatoms. The number of carbonyl (C=O) groups is 1. The van der Waals surface area contributed by atoms with Gasteiger partial charge in [-0.05, 0) is 36.8 Å². The molecule has 0 fully saturated rings.